The van der Waals surface area contributed by atoms with Crippen molar-refractivity contribution in [3.63, 3.8) is 0 Å². The second kappa shape index (κ2) is 4.60. The van der Waals surface area contributed by atoms with Gasteiger partial charge < -0.3 is 15.7 Å². The molecular formula is C8H13F3N4O. The molecule has 1 rings (SSSR count). The lowest BCUT2D eigenvalue weighted by Crippen LogP contribution is -2.37. The first kappa shape index (κ1) is 12.6. The van der Waals surface area contributed by atoms with E-state index in [9.17, 15) is 13.2 Å². The third-order valence-electron chi connectivity index (χ3n) is 1.88. The molecule has 1 aromatic heterocycles. The lowest BCUT2D eigenvalue weighted by Gasteiger charge is -2.23. The highest BCUT2D eigenvalue weighted by Gasteiger charge is 2.32. The fraction of sp³-hybridized carbons (Fsp3) is 0.625. The van der Waals surface area contributed by atoms with Gasteiger partial charge in [0, 0.05) is 19.8 Å². The number of anilines is 2. The molecule has 0 aromatic carbocycles. The number of aromatic nitrogens is 2. The summed E-state index contributed by atoms with van der Waals surface area (Å²) >= 11 is 0. The molecule has 0 fully saturated rings. The number of nitrogens with two attached hydrogens (primary N) is 1. The van der Waals surface area contributed by atoms with Crippen molar-refractivity contribution in [2.75, 3.05) is 30.3 Å². The Kier molecular flexibility index (Phi) is 3.63. The molecule has 3 N–H and O–H groups in total. The summed E-state index contributed by atoms with van der Waals surface area (Å²) in [7, 11) is 1.56. The summed E-state index contributed by atoms with van der Waals surface area (Å²) in [5, 5.41) is 12.5. The van der Waals surface area contributed by atoms with Gasteiger partial charge in [0.2, 0.25) is 0 Å². The SMILES string of the molecule is Cn1cc(N)c(N(CCO)CC(F)(F)F)n1. The van der Waals surface area contributed by atoms with E-state index in [2.05, 4.69) is 5.10 Å². The number of nitrogens with zero attached hydrogens (tertiary/aromatic N) is 3. The van der Waals surface area contributed by atoms with Crippen molar-refractivity contribution in [2.24, 2.45) is 7.05 Å². The predicted molar refractivity (Wildman–Crippen MR) is 53.0 cm³/mol. The van der Waals surface area contributed by atoms with Crippen LogP contribution in [0.4, 0.5) is 24.7 Å². The Bertz CT molecular complexity index is 350. The summed E-state index contributed by atoms with van der Waals surface area (Å²) in [5.74, 6) is 0.0360. The molecule has 1 aromatic rings. The summed E-state index contributed by atoms with van der Waals surface area (Å²) in [6.45, 7) is -1.75. The normalized spacial score (nSPS) is 11.8. The first-order valence-electron chi connectivity index (χ1n) is 4.55. The smallest absolute Gasteiger partial charge is 0.395 e. The maximum absolute atomic E-state index is 12.3. The predicted octanol–water partition coefficient (Wildman–Crippen LogP) is 0.363. The number of aryl methyl sites for hydroxylation is 1. The molecule has 0 bridgehead atoms. The van der Waals surface area contributed by atoms with Crippen molar-refractivity contribution in [2.45, 2.75) is 6.18 Å². The Morgan fingerprint density at radius 2 is 2.19 bits per heavy atom. The van der Waals surface area contributed by atoms with E-state index in [1.165, 1.54) is 10.9 Å². The van der Waals surface area contributed by atoms with Crippen molar-refractivity contribution in [1.82, 2.24) is 9.78 Å². The Balaban J connectivity index is 2.89. The molecule has 0 radical (unpaired) electrons. The molecule has 92 valence electrons. The number of hydrogen-bond acceptors (Lipinski definition) is 4. The zero-order valence-corrected chi connectivity index (χ0v) is 8.70. The van der Waals surface area contributed by atoms with Crippen molar-refractivity contribution in [3.05, 3.63) is 6.20 Å². The Labute approximate surface area is 90.3 Å². The van der Waals surface area contributed by atoms with Crippen LogP contribution in [0.1, 0.15) is 0 Å². The van der Waals surface area contributed by atoms with Crippen LogP contribution in [0.15, 0.2) is 6.20 Å². The van der Waals surface area contributed by atoms with Gasteiger partial charge in [0.1, 0.15) is 6.54 Å². The molecule has 0 aliphatic rings. The lowest BCUT2D eigenvalue weighted by atomic mass is 10.4. The molecule has 0 aliphatic heterocycles. The molecule has 0 unspecified atom stereocenters. The molecular weight excluding hydrogens is 225 g/mol. The van der Waals surface area contributed by atoms with Crippen LogP contribution < -0.4 is 10.6 Å². The maximum Gasteiger partial charge on any atom is 0.405 e. The van der Waals surface area contributed by atoms with E-state index in [1.54, 1.807) is 7.05 Å². The molecule has 8 heteroatoms. The summed E-state index contributed by atoms with van der Waals surface area (Å²) < 4.78 is 38.1. The summed E-state index contributed by atoms with van der Waals surface area (Å²) in [4.78, 5) is 0.898. The van der Waals surface area contributed by atoms with Gasteiger partial charge in [0.25, 0.3) is 0 Å². The number of alkyl halides is 3. The molecule has 16 heavy (non-hydrogen) atoms. The highest BCUT2D eigenvalue weighted by Crippen LogP contribution is 2.24. The molecule has 0 saturated carbocycles. The van der Waals surface area contributed by atoms with E-state index in [1.807, 2.05) is 0 Å². The van der Waals surface area contributed by atoms with Crippen LogP contribution in [0.3, 0.4) is 0 Å². The van der Waals surface area contributed by atoms with E-state index < -0.39 is 19.3 Å². The lowest BCUT2D eigenvalue weighted by molar-refractivity contribution is -0.119. The van der Waals surface area contributed by atoms with Crippen molar-refractivity contribution >= 4 is 11.5 Å². The zero-order valence-electron chi connectivity index (χ0n) is 8.70. The van der Waals surface area contributed by atoms with Gasteiger partial charge in [-0.2, -0.15) is 18.3 Å². The van der Waals surface area contributed by atoms with Crippen LogP contribution >= 0.6 is 0 Å². The van der Waals surface area contributed by atoms with Gasteiger partial charge in [-0.15, -0.1) is 0 Å². The number of aliphatic hydroxyl groups excluding tert-OH is 1. The van der Waals surface area contributed by atoms with E-state index >= 15 is 0 Å². The Hall–Kier alpha value is -1.44. The summed E-state index contributed by atoms with van der Waals surface area (Å²) in [6.07, 6.45) is -2.95. The number of aliphatic hydroxyl groups is 1. The first-order valence-corrected chi connectivity index (χ1v) is 4.55. The van der Waals surface area contributed by atoms with Gasteiger partial charge in [-0.3, -0.25) is 4.68 Å². The highest BCUT2D eigenvalue weighted by atomic mass is 19.4. The van der Waals surface area contributed by atoms with E-state index in [0.29, 0.717) is 0 Å². The van der Waals surface area contributed by atoms with E-state index in [0.717, 1.165) is 4.90 Å². The minimum absolute atomic E-state index is 0.0360. The minimum Gasteiger partial charge on any atom is -0.395 e. The average molecular weight is 238 g/mol. The molecule has 1 heterocycles. The minimum atomic E-state index is -4.36. The standard InChI is InChI=1S/C8H13F3N4O/c1-14-4-6(12)7(13-14)15(2-3-16)5-8(9,10)11/h4,16H,2-3,5,12H2,1H3. The molecule has 0 saturated heterocycles. The zero-order chi connectivity index (χ0) is 12.3. The van der Waals surface area contributed by atoms with Crippen LogP contribution in [-0.2, 0) is 7.05 Å². The first-order chi connectivity index (χ1) is 7.33. The molecule has 0 atom stereocenters. The fourth-order valence-corrected chi connectivity index (χ4v) is 1.34. The highest BCUT2D eigenvalue weighted by molar-refractivity contribution is 5.61. The van der Waals surface area contributed by atoms with Gasteiger partial charge in [-0.25, -0.2) is 0 Å². The summed E-state index contributed by atoms with van der Waals surface area (Å²) in [5.41, 5.74) is 5.67. The van der Waals surface area contributed by atoms with E-state index in [4.69, 9.17) is 10.8 Å². The van der Waals surface area contributed by atoms with Crippen LogP contribution in [0.5, 0.6) is 0 Å². The Morgan fingerprint density at radius 1 is 1.56 bits per heavy atom. The third kappa shape index (κ3) is 3.30. The molecule has 0 spiro atoms. The van der Waals surface area contributed by atoms with Crippen molar-refractivity contribution < 1.29 is 18.3 Å². The van der Waals surface area contributed by atoms with Crippen molar-refractivity contribution in [3.8, 4) is 0 Å². The van der Waals surface area contributed by atoms with Crippen LogP contribution in [0.2, 0.25) is 0 Å². The van der Waals surface area contributed by atoms with Gasteiger partial charge in [-0.1, -0.05) is 0 Å². The topological polar surface area (TPSA) is 67.3 Å². The largest absolute Gasteiger partial charge is 0.405 e. The number of nitrogen functional groups attached to an aromatic ring is 1. The third-order valence-corrected chi connectivity index (χ3v) is 1.88. The van der Waals surface area contributed by atoms with Gasteiger partial charge in [-0.05, 0) is 0 Å². The van der Waals surface area contributed by atoms with Crippen LogP contribution in [0.25, 0.3) is 0 Å². The van der Waals surface area contributed by atoms with Gasteiger partial charge in [0.15, 0.2) is 5.82 Å². The molecule has 0 aliphatic carbocycles. The average Bonchev–Trinajstić information content (AvgIpc) is 2.42. The second-order valence-corrected chi connectivity index (χ2v) is 3.34. The quantitative estimate of drug-likeness (QED) is 0.795. The summed E-state index contributed by atoms with van der Waals surface area (Å²) in [6, 6.07) is 0. The Morgan fingerprint density at radius 3 is 2.56 bits per heavy atom. The number of hydrogen-bond donors (Lipinski definition) is 2. The van der Waals surface area contributed by atoms with E-state index in [-0.39, 0.29) is 18.1 Å². The second-order valence-electron chi connectivity index (χ2n) is 3.34. The van der Waals surface area contributed by atoms with Crippen molar-refractivity contribution in [1.29, 1.82) is 0 Å². The number of rotatable bonds is 4. The fourth-order valence-electron chi connectivity index (χ4n) is 1.34. The van der Waals surface area contributed by atoms with Gasteiger partial charge >= 0.3 is 6.18 Å². The van der Waals surface area contributed by atoms with Gasteiger partial charge in [0.05, 0.1) is 12.3 Å². The number of halogens is 3. The maximum atomic E-state index is 12.3. The van der Waals surface area contributed by atoms with Crippen LogP contribution in [-0.4, -0.2) is 40.8 Å². The molecule has 5 nitrogen and oxygen atoms in total. The van der Waals surface area contributed by atoms with Crippen LogP contribution in [0, 0.1) is 0 Å². The molecule has 0 amide bonds. The monoisotopic (exact) mass is 238 g/mol.